The zero-order chi connectivity index (χ0) is 23.9. The van der Waals surface area contributed by atoms with E-state index in [4.69, 9.17) is 4.74 Å². The van der Waals surface area contributed by atoms with Crippen LogP contribution >= 0.6 is 0 Å². The number of nitrogens with zero attached hydrogens (tertiary/aromatic N) is 2. The number of hydrogen-bond acceptors (Lipinski definition) is 4. The van der Waals surface area contributed by atoms with Crippen molar-refractivity contribution in [2.24, 2.45) is 28.1 Å². The third-order valence-electron chi connectivity index (χ3n) is 9.68. The molecule has 1 amide bonds. The fourth-order valence-corrected chi connectivity index (χ4v) is 7.61. The van der Waals surface area contributed by atoms with Gasteiger partial charge in [-0.2, -0.15) is 0 Å². The van der Waals surface area contributed by atoms with Gasteiger partial charge >= 0.3 is 5.97 Å². The quantitative estimate of drug-likeness (QED) is 0.439. The number of hydrogen-bond donors (Lipinski definition) is 0. The third-order valence-corrected chi connectivity index (χ3v) is 9.68. The lowest BCUT2D eigenvalue weighted by Crippen LogP contribution is -2.52. The van der Waals surface area contributed by atoms with Crippen molar-refractivity contribution < 1.29 is 14.3 Å². The molecule has 0 aromatic heterocycles. The number of carbonyl (C=O) groups excluding carboxylic acids is 2. The van der Waals surface area contributed by atoms with Crippen molar-refractivity contribution in [2.45, 2.75) is 72.6 Å². The van der Waals surface area contributed by atoms with Gasteiger partial charge in [0.25, 0.3) is 0 Å². The van der Waals surface area contributed by atoms with Gasteiger partial charge in [-0.1, -0.05) is 44.9 Å². The summed E-state index contributed by atoms with van der Waals surface area (Å²) < 4.78 is 5.95. The van der Waals surface area contributed by atoms with Crippen molar-refractivity contribution in [1.82, 2.24) is 9.80 Å². The molecular weight excluding hydrogens is 412 g/mol. The molecule has 5 nitrogen and oxygen atoms in total. The molecule has 1 saturated heterocycles. The van der Waals surface area contributed by atoms with E-state index in [0.717, 1.165) is 25.9 Å². The van der Waals surface area contributed by atoms with Gasteiger partial charge in [-0.05, 0) is 61.2 Å². The number of ether oxygens (including phenoxy) is 1. The van der Waals surface area contributed by atoms with E-state index >= 15 is 0 Å². The minimum Gasteiger partial charge on any atom is -0.464 e. The SMILES string of the molecule is C=C[C@]1(C)CC=C2C(CCC3[C@@](C)(COC(=O)CN4CCN(C(C)=O)CC4)CCC[C@]23C)C1. The maximum atomic E-state index is 12.7. The molecule has 5 atom stereocenters. The average Bonchev–Trinajstić information content (AvgIpc) is 2.78. The summed E-state index contributed by atoms with van der Waals surface area (Å²) in [5.74, 6) is 1.25. The first-order valence-corrected chi connectivity index (χ1v) is 13.1. The second-order valence-corrected chi connectivity index (χ2v) is 12.1. The molecule has 0 bridgehead atoms. The first-order valence-electron chi connectivity index (χ1n) is 13.1. The van der Waals surface area contributed by atoms with Gasteiger partial charge in [0.1, 0.15) is 0 Å². The zero-order valence-corrected chi connectivity index (χ0v) is 21.3. The molecule has 5 heteroatoms. The Morgan fingerprint density at radius 3 is 2.55 bits per heavy atom. The molecule has 4 aliphatic rings. The summed E-state index contributed by atoms with van der Waals surface area (Å²) in [5.41, 5.74) is 2.20. The van der Waals surface area contributed by atoms with E-state index in [2.05, 4.69) is 44.4 Å². The van der Waals surface area contributed by atoms with Crippen molar-refractivity contribution in [3.8, 4) is 0 Å². The maximum Gasteiger partial charge on any atom is 0.320 e. The molecule has 3 aliphatic carbocycles. The molecule has 184 valence electrons. The first kappa shape index (κ1) is 24.5. The van der Waals surface area contributed by atoms with Gasteiger partial charge < -0.3 is 9.64 Å². The Morgan fingerprint density at radius 1 is 1.15 bits per heavy atom. The highest BCUT2D eigenvalue weighted by atomic mass is 16.5. The Hall–Kier alpha value is -1.62. The van der Waals surface area contributed by atoms with E-state index < -0.39 is 0 Å². The first-order chi connectivity index (χ1) is 15.6. The lowest BCUT2D eigenvalue weighted by Gasteiger charge is -2.59. The predicted octanol–water partition coefficient (Wildman–Crippen LogP) is 4.83. The van der Waals surface area contributed by atoms with Crippen molar-refractivity contribution in [1.29, 1.82) is 0 Å². The van der Waals surface area contributed by atoms with E-state index in [0.29, 0.717) is 38.1 Å². The second-order valence-electron chi connectivity index (χ2n) is 12.1. The Kier molecular flexibility index (Phi) is 6.83. The van der Waals surface area contributed by atoms with Gasteiger partial charge in [0.15, 0.2) is 0 Å². The minimum atomic E-state index is -0.118. The van der Waals surface area contributed by atoms with E-state index in [-0.39, 0.29) is 28.1 Å². The normalized spacial score (nSPS) is 39.2. The molecular formula is C28H44N2O3. The highest BCUT2D eigenvalue weighted by molar-refractivity contribution is 5.73. The van der Waals surface area contributed by atoms with E-state index in [1.165, 1.54) is 32.1 Å². The van der Waals surface area contributed by atoms with Crippen molar-refractivity contribution in [3.05, 3.63) is 24.3 Å². The maximum absolute atomic E-state index is 12.7. The van der Waals surface area contributed by atoms with Crippen LogP contribution in [0.25, 0.3) is 0 Å². The van der Waals surface area contributed by atoms with Gasteiger partial charge in [0.05, 0.1) is 13.2 Å². The summed E-state index contributed by atoms with van der Waals surface area (Å²) in [6, 6.07) is 0. The average molecular weight is 457 g/mol. The van der Waals surface area contributed by atoms with Crippen molar-refractivity contribution >= 4 is 11.9 Å². The van der Waals surface area contributed by atoms with Crippen LogP contribution in [0.15, 0.2) is 24.3 Å². The molecule has 3 fully saturated rings. The van der Waals surface area contributed by atoms with Crippen LogP contribution in [-0.2, 0) is 14.3 Å². The molecule has 1 heterocycles. The van der Waals surface area contributed by atoms with Gasteiger partial charge in [-0.15, -0.1) is 6.58 Å². The van der Waals surface area contributed by atoms with E-state index in [9.17, 15) is 9.59 Å². The van der Waals surface area contributed by atoms with Crippen LogP contribution in [0.2, 0.25) is 0 Å². The van der Waals surface area contributed by atoms with Crippen LogP contribution in [0, 0.1) is 28.1 Å². The monoisotopic (exact) mass is 456 g/mol. The Bertz CT molecular complexity index is 814. The third kappa shape index (κ3) is 4.80. The van der Waals surface area contributed by atoms with Crippen LogP contribution in [-0.4, -0.2) is 61.0 Å². The van der Waals surface area contributed by atoms with Crippen molar-refractivity contribution in [2.75, 3.05) is 39.3 Å². The van der Waals surface area contributed by atoms with Crippen LogP contribution in [0.1, 0.15) is 72.6 Å². The molecule has 33 heavy (non-hydrogen) atoms. The topological polar surface area (TPSA) is 49.9 Å². The summed E-state index contributed by atoms with van der Waals surface area (Å²) in [4.78, 5) is 28.2. The number of carbonyl (C=O) groups is 2. The summed E-state index contributed by atoms with van der Waals surface area (Å²) in [6.07, 6.45) is 13.1. The number of fused-ring (bicyclic) bond motifs is 3. The lowest BCUT2D eigenvalue weighted by atomic mass is 9.46. The number of esters is 1. The van der Waals surface area contributed by atoms with Crippen molar-refractivity contribution in [3.63, 3.8) is 0 Å². The van der Waals surface area contributed by atoms with E-state index in [1.54, 1.807) is 12.5 Å². The molecule has 0 spiro atoms. The summed E-state index contributed by atoms with van der Waals surface area (Å²) in [7, 11) is 0. The Morgan fingerprint density at radius 2 is 1.88 bits per heavy atom. The number of rotatable bonds is 5. The molecule has 0 aromatic carbocycles. The predicted molar refractivity (Wildman–Crippen MR) is 132 cm³/mol. The van der Waals surface area contributed by atoms with Gasteiger partial charge in [-0.3, -0.25) is 14.5 Å². The molecule has 0 radical (unpaired) electrons. The smallest absolute Gasteiger partial charge is 0.320 e. The van der Waals surface area contributed by atoms with Crippen LogP contribution in [0.3, 0.4) is 0 Å². The Balaban J connectivity index is 1.37. The number of piperazine rings is 1. The molecule has 1 aliphatic heterocycles. The molecule has 2 saturated carbocycles. The van der Waals surface area contributed by atoms with Crippen LogP contribution in [0.5, 0.6) is 0 Å². The summed E-state index contributed by atoms with van der Waals surface area (Å²) >= 11 is 0. The zero-order valence-electron chi connectivity index (χ0n) is 21.3. The minimum absolute atomic E-state index is 0.0426. The summed E-state index contributed by atoms with van der Waals surface area (Å²) in [6.45, 7) is 16.7. The highest BCUT2D eigenvalue weighted by Gasteiger charge is 2.55. The second kappa shape index (κ2) is 9.20. The van der Waals surface area contributed by atoms with E-state index in [1.807, 2.05) is 4.90 Å². The number of allylic oxidation sites excluding steroid dienone is 3. The van der Waals surface area contributed by atoms with Crippen LogP contribution < -0.4 is 0 Å². The fourth-order valence-electron chi connectivity index (χ4n) is 7.61. The van der Waals surface area contributed by atoms with Gasteiger partial charge in [0.2, 0.25) is 5.91 Å². The van der Waals surface area contributed by atoms with Gasteiger partial charge in [-0.25, -0.2) is 0 Å². The fraction of sp³-hybridized carbons (Fsp3) is 0.786. The lowest BCUT2D eigenvalue weighted by molar-refractivity contribution is -0.154. The number of amides is 1. The highest BCUT2D eigenvalue weighted by Crippen LogP contribution is 2.63. The molecule has 2 unspecified atom stereocenters. The van der Waals surface area contributed by atoms with Gasteiger partial charge in [0, 0.05) is 38.5 Å². The van der Waals surface area contributed by atoms with Crippen LogP contribution in [0.4, 0.5) is 0 Å². The standard InChI is InChI=1S/C28H44N2O3/c1-6-26(3)13-10-23-22(18-26)8-9-24-27(4,11-7-12-28(23,24)5)20-33-25(32)19-29-14-16-30(17-15-29)21(2)31/h6,10,22,24H,1,7-9,11-20H2,2-5H3/t22?,24?,26-,27-,28-/m1/s1. The largest absolute Gasteiger partial charge is 0.464 e. The Labute approximate surface area is 200 Å². The molecule has 0 aromatic rings. The molecule has 4 rings (SSSR count). The summed E-state index contributed by atoms with van der Waals surface area (Å²) in [5, 5.41) is 0. The molecule has 0 N–H and O–H groups in total.